The predicted molar refractivity (Wildman–Crippen MR) is 111 cm³/mol. The van der Waals surface area contributed by atoms with Crippen LogP contribution in [0.5, 0.6) is 0 Å². The molecule has 0 aliphatic heterocycles. The van der Waals surface area contributed by atoms with Gasteiger partial charge < -0.3 is 4.98 Å². The first-order valence-corrected chi connectivity index (χ1v) is 10.1. The second-order valence-electron chi connectivity index (χ2n) is 7.30. The van der Waals surface area contributed by atoms with Gasteiger partial charge in [-0.15, -0.1) is 11.3 Å². The second kappa shape index (κ2) is 7.13. The van der Waals surface area contributed by atoms with Gasteiger partial charge in [-0.05, 0) is 54.4 Å². The number of H-pyrrole nitrogens is 1. The Bertz CT molecular complexity index is 1130. The lowest BCUT2D eigenvalue weighted by Crippen LogP contribution is -2.12. The monoisotopic (exact) mass is 375 g/mol. The van der Waals surface area contributed by atoms with Gasteiger partial charge in [0.25, 0.3) is 5.56 Å². The van der Waals surface area contributed by atoms with Crippen LogP contribution in [-0.4, -0.2) is 9.97 Å². The number of allylic oxidation sites excluding steroid dienone is 1. The van der Waals surface area contributed by atoms with Crippen molar-refractivity contribution in [1.29, 1.82) is 5.26 Å². The Labute approximate surface area is 162 Å². The molecule has 2 aromatic heterocycles. The second-order valence-corrected chi connectivity index (χ2v) is 8.38. The summed E-state index contributed by atoms with van der Waals surface area (Å²) in [6, 6.07) is 10.3. The summed E-state index contributed by atoms with van der Waals surface area (Å²) in [4.78, 5) is 22.2. The van der Waals surface area contributed by atoms with Gasteiger partial charge in [-0.3, -0.25) is 4.79 Å². The number of aromatic amines is 1. The van der Waals surface area contributed by atoms with Gasteiger partial charge in [-0.2, -0.15) is 5.26 Å². The summed E-state index contributed by atoms with van der Waals surface area (Å²) >= 11 is 1.60. The van der Waals surface area contributed by atoms with Crippen LogP contribution in [0.3, 0.4) is 0 Å². The van der Waals surface area contributed by atoms with Crippen LogP contribution in [0.4, 0.5) is 0 Å². The van der Waals surface area contributed by atoms with Crippen molar-refractivity contribution in [3.8, 4) is 6.07 Å². The lowest BCUT2D eigenvalue weighted by Gasteiger charge is -2.09. The molecule has 4 nitrogen and oxygen atoms in total. The molecule has 1 aromatic carbocycles. The van der Waals surface area contributed by atoms with E-state index in [2.05, 4.69) is 42.0 Å². The van der Waals surface area contributed by atoms with Crippen molar-refractivity contribution in [2.45, 2.75) is 45.4 Å². The smallest absolute Gasteiger partial charge is 0.260 e. The SMILES string of the molecule is CC(C)c1ccc(/C=C(\C#N)c2nc3sc4c(c3c(=O)[nH]2)CCCC4)cc1. The Hall–Kier alpha value is -2.71. The topological polar surface area (TPSA) is 69.5 Å². The van der Waals surface area contributed by atoms with E-state index in [1.807, 2.05) is 12.1 Å². The van der Waals surface area contributed by atoms with E-state index in [0.29, 0.717) is 17.3 Å². The zero-order valence-corrected chi connectivity index (χ0v) is 16.3. The highest BCUT2D eigenvalue weighted by Crippen LogP contribution is 2.34. The van der Waals surface area contributed by atoms with Crippen molar-refractivity contribution in [2.24, 2.45) is 0 Å². The van der Waals surface area contributed by atoms with Gasteiger partial charge in [0.15, 0.2) is 5.82 Å². The molecule has 0 unspecified atom stereocenters. The summed E-state index contributed by atoms with van der Waals surface area (Å²) in [7, 11) is 0. The minimum Gasteiger partial charge on any atom is -0.305 e. The van der Waals surface area contributed by atoms with E-state index in [0.717, 1.165) is 40.6 Å². The largest absolute Gasteiger partial charge is 0.305 e. The molecule has 4 rings (SSSR count). The molecule has 0 bridgehead atoms. The van der Waals surface area contributed by atoms with Crippen LogP contribution in [-0.2, 0) is 12.8 Å². The van der Waals surface area contributed by atoms with E-state index >= 15 is 0 Å². The van der Waals surface area contributed by atoms with Crippen molar-refractivity contribution in [1.82, 2.24) is 9.97 Å². The molecule has 2 heterocycles. The molecular weight excluding hydrogens is 354 g/mol. The standard InChI is InChI=1S/C22H21N3OS/c1-13(2)15-9-7-14(8-10-15)11-16(12-23)20-24-21(26)19-17-5-3-4-6-18(17)27-22(19)25-20/h7-11,13H,3-6H2,1-2H3,(H,24,25,26)/b16-11+. The molecule has 3 aromatic rings. The molecule has 0 amide bonds. The highest BCUT2D eigenvalue weighted by molar-refractivity contribution is 7.18. The summed E-state index contributed by atoms with van der Waals surface area (Å²) < 4.78 is 0. The summed E-state index contributed by atoms with van der Waals surface area (Å²) in [6.07, 6.45) is 6.04. The fraction of sp³-hybridized carbons (Fsp3) is 0.318. The predicted octanol–water partition coefficient (Wildman–Crippen LogP) is 5.05. The van der Waals surface area contributed by atoms with Crippen molar-refractivity contribution in [3.63, 3.8) is 0 Å². The number of thiophene rings is 1. The Morgan fingerprint density at radius 2 is 2.00 bits per heavy atom. The van der Waals surface area contributed by atoms with Crippen molar-refractivity contribution >= 4 is 33.2 Å². The Kier molecular flexibility index (Phi) is 4.67. The maximum absolute atomic E-state index is 12.7. The van der Waals surface area contributed by atoms with Gasteiger partial charge in [0.05, 0.1) is 11.0 Å². The molecule has 0 saturated heterocycles. The van der Waals surface area contributed by atoms with Crippen molar-refractivity contribution in [2.75, 3.05) is 0 Å². The highest BCUT2D eigenvalue weighted by Gasteiger charge is 2.20. The van der Waals surface area contributed by atoms with E-state index in [1.54, 1.807) is 17.4 Å². The normalized spacial score (nSPS) is 14.4. The summed E-state index contributed by atoms with van der Waals surface area (Å²) in [5, 5.41) is 10.4. The van der Waals surface area contributed by atoms with E-state index in [-0.39, 0.29) is 5.56 Å². The van der Waals surface area contributed by atoms with E-state index in [4.69, 9.17) is 0 Å². The molecule has 5 heteroatoms. The first kappa shape index (κ1) is 17.7. The minimum atomic E-state index is -0.134. The number of nitrogens with one attached hydrogen (secondary N) is 1. The van der Waals surface area contributed by atoms with Crippen LogP contribution in [0.2, 0.25) is 0 Å². The molecule has 0 radical (unpaired) electrons. The maximum Gasteiger partial charge on any atom is 0.260 e. The third-order valence-electron chi connectivity index (χ3n) is 5.11. The van der Waals surface area contributed by atoms with E-state index in [1.165, 1.54) is 16.9 Å². The zero-order chi connectivity index (χ0) is 19.0. The van der Waals surface area contributed by atoms with Crippen LogP contribution in [0.25, 0.3) is 21.9 Å². The zero-order valence-electron chi connectivity index (χ0n) is 15.5. The lowest BCUT2D eigenvalue weighted by atomic mass is 9.97. The van der Waals surface area contributed by atoms with Crippen molar-refractivity contribution in [3.05, 3.63) is 62.0 Å². The molecule has 1 aliphatic rings. The number of nitriles is 1. The molecule has 136 valence electrons. The fourth-order valence-electron chi connectivity index (χ4n) is 3.59. The number of hydrogen-bond donors (Lipinski definition) is 1. The first-order valence-electron chi connectivity index (χ1n) is 9.33. The number of aromatic nitrogens is 2. The number of rotatable bonds is 3. The Morgan fingerprint density at radius 1 is 1.26 bits per heavy atom. The Morgan fingerprint density at radius 3 is 2.70 bits per heavy atom. The molecule has 0 fully saturated rings. The van der Waals surface area contributed by atoms with Gasteiger partial charge >= 0.3 is 0 Å². The number of nitrogens with zero attached hydrogens (tertiary/aromatic N) is 2. The lowest BCUT2D eigenvalue weighted by molar-refractivity contribution is 0.700. The number of fused-ring (bicyclic) bond motifs is 3. The number of aryl methyl sites for hydroxylation is 2. The summed E-state index contributed by atoms with van der Waals surface area (Å²) in [5.74, 6) is 0.810. The molecule has 0 atom stereocenters. The minimum absolute atomic E-state index is 0.134. The van der Waals surface area contributed by atoms with Gasteiger partial charge in [0, 0.05) is 4.88 Å². The highest BCUT2D eigenvalue weighted by atomic mass is 32.1. The Balaban J connectivity index is 1.77. The average Bonchev–Trinajstić information content (AvgIpc) is 3.05. The molecule has 0 saturated carbocycles. The van der Waals surface area contributed by atoms with Crippen LogP contribution < -0.4 is 5.56 Å². The van der Waals surface area contributed by atoms with Gasteiger partial charge in [-0.25, -0.2) is 4.98 Å². The maximum atomic E-state index is 12.7. The molecule has 1 aliphatic carbocycles. The summed E-state index contributed by atoms with van der Waals surface area (Å²) in [6.45, 7) is 4.30. The molecule has 27 heavy (non-hydrogen) atoms. The van der Waals surface area contributed by atoms with Crippen molar-refractivity contribution < 1.29 is 0 Å². The molecule has 1 N–H and O–H groups in total. The number of hydrogen-bond acceptors (Lipinski definition) is 4. The van der Waals surface area contributed by atoms with Gasteiger partial charge in [0.2, 0.25) is 0 Å². The van der Waals surface area contributed by atoms with E-state index in [9.17, 15) is 10.1 Å². The average molecular weight is 375 g/mol. The number of benzene rings is 1. The first-order chi connectivity index (χ1) is 13.1. The molecule has 0 spiro atoms. The van der Waals surface area contributed by atoms with Crippen LogP contribution in [0.15, 0.2) is 29.1 Å². The van der Waals surface area contributed by atoms with Crippen LogP contribution in [0, 0.1) is 11.3 Å². The molecular formula is C22H21N3OS. The third kappa shape index (κ3) is 3.33. The third-order valence-corrected chi connectivity index (χ3v) is 6.30. The fourth-order valence-corrected chi connectivity index (χ4v) is 4.85. The van der Waals surface area contributed by atoms with E-state index < -0.39 is 0 Å². The van der Waals surface area contributed by atoms with Gasteiger partial charge in [-0.1, -0.05) is 38.1 Å². The van der Waals surface area contributed by atoms with Crippen LogP contribution >= 0.6 is 11.3 Å². The van der Waals surface area contributed by atoms with Gasteiger partial charge in [0.1, 0.15) is 10.9 Å². The quantitative estimate of drug-likeness (QED) is 0.651. The summed E-state index contributed by atoms with van der Waals surface area (Å²) in [5.41, 5.74) is 3.57. The van der Waals surface area contributed by atoms with Crippen LogP contribution in [0.1, 0.15) is 60.0 Å².